The van der Waals surface area contributed by atoms with Crippen LogP contribution >= 0.6 is 0 Å². The van der Waals surface area contributed by atoms with Crippen LogP contribution in [0.15, 0.2) is 52.1 Å². The van der Waals surface area contributed by atoms with Gasteiger partial charge in [0.1, 0.15) is 12.3 Å². The predicted molar refractivity (Wildman–Crippen MR) is 108 cm³/mol. The van der Waals surface area contributed by atoms with E-state index in [9.17, 15) is 0 Å². The summed E-state index contributed by atoms with van der Waals surface area (Å²) in [4.78, 5) is 7.12. The van der Waals surface area contributed by atoms with Crippen molar-refractivity contribution in [1.82, 2.24) is 15.5 Å². The summed E-state index contributed by atoms with van der Waals surface area (Å²) in [5.41, 5.74) is 2.60. The quantitative estimate of drug-likeness (QED) is 0.580. The molecule has 1 saturated heterocycles. The second-order valence-electron chi connectivity index (χ2n) is 6.73. The summed E-state index contributed by atoms with van der Waals surface area (Å²) >= 11 is 0. The highest BCUT2D eigenvalue weighted by Crippen LogP contribution is 2.21. The monoisotopic (exact) mass is 370 g/mol. The Hall–Kier alpha value is -2.31. The third-order valence-corrected chi connectivity index (χ3v) is 4.73. The first-order chi connectivity index (χ1) is 13.3. The molecule has 1 aliphatic heterocycles. The van der Waals surface area contributed by atoms with E-state index >= 15 is 0 Å². The van der Waals surface area contributed by atoms with E-state index in [0.717, 1.165) is 51.1 Å². The lowest BCUT2D eigenvalue weighted by Gasteiger charge is -2.35. The Bertz CT molecular complexity index is 691. The highest BCUT2D eigenvalue weighted by molar-refractivity contribution is 5.79. The van der Waals surface area contributed by atoms with Crippen LogP contribution in [0.25, 0.3) is 0 Å². The second kappa shape index (κ2) is 10.1. The first kappa shape index (κ1) is 19.5. The molecule has 6 heteroatoms. The fourth-order valence-corrected chi connectivity index (χ4v) is 3.23. The maximum atomic E-state index is 5.54. The molecule has 1 atom stereocenters. The molecule has 1 aromatic heterocycles. The van der Waals surface area contributed by atoms with Gasteiger partial charge in [0, 0.05) is 26.2 Å². The molecule has 0 spiro atoms. The molecule has 2 N–H and O–H groups in total. The minimum absolute atomic E-state index is 0.280. The number of ether oxygens (including phenoxy) is 1. The largest absolute Gasteiger partial charge is 0.467 e. The molecule has 0 radical (unpaired) electrons. The van der Waals surface area contributed by atoms with Crippen LogP contribution in [0, 0.1) is 6.92 Å². The number of benzene rings is 1. The van der Waals surface area contributed by atoms with Crippen LogP contribution < -0.4 is 10.6 Å². The van der Waals surface area contributed by atoms with Gasteiger partial charge in [-0.25, -0.2) is 4.99 Å². The number of guanidine groups is 1. The molecular formula is C21H30N4O2. The third kappa shape index (κ3) is 5.84. The van der Waals surface area contributed by atoms with Gasteiger partial charge in [0.15, 0.2) is 5.96 Å². The third-order valence-electron chi connectivity index (χ3n) is 4.73. The standard InChI is InChI=1S/C21H30N4O2/c1-3-22-21(23-15-19-5-4-12-27-19)24-16-20(25-10-13-26-14-11-25)18-8-6-17(2)7-9-18/h4-9,12,20H,3,10-11,13-16H2,1-2H3,(H2,22,23,24). The lowest BCUT2D eigenvalue weighted by molar-refractivity contribution is 0.0170. The minimum Gasteiger partial charge on any atom is -0.467 e. The van der Waals surface area contributed by atoms with Crippen LogP contribution in [0.4, 0.5) is 0 Å². The van der Waals surface area contributed by atoms with Gasteiger partial charge in [0.25, 0.3) is 0 Å². The maximum absolute atomic E-state index is 5.54. The molecule has 1 aromatic carbocycles. The molecule has 0 saturated carbocycles. The molecule has 1 unspecified atom stereocenters. The zero-order valence-corrected chi connectivity index (χ0v) is 16.3. The van der Waals surface area contributed by atoms with E-state index in [2.05, 4.69) is 58.6 Å². The Morgan fingerprint density at radius 1 is 1.15 bits per heavy atom. The summed E-state index contributed by atoms with van der Waals surface area (Å²) in [7, 11) is 0. The van der Waals surface area contributed by atoms with Gasteiger partial charge in [-0.05, 0) is 31.5 Å². The lowest BCUT2D eigenvalue weighted by atomic mass is 10.0. The average molecular weight is 370 g/mol. The summed E-state index contributed by atoms with van der Waals surface area (Å²) in [6.45, 7) is 9.78. The van der Waals surface area contributed by atoms with E-state index < -0.39 is 0 Å². The zero-order chi connectivity index (χ0) is 18.9. The molecule has 146 valence electrons. The maximum Gasteiger partial charge on any atom is 0.191 e. The number of hydrogen-bond donors (Lipinski definition) is 2. The lowest BCUT2D eigenvalue weighted by Crippen LogP contribution is -2.46. The van der Waals surface area contributed by atoms with Crippen LogP contribution in [0.5, 0.6) is 0 Å². The van der Waals surface area contributed by atoms with E-state index in [1.165, 1.54) is 11.1 Å². The number of rotatable bonds is 7. The number of aliphatic imine (C=N–C) groups is 1. The first-order valence-electron chi connectivity index (χ1n) is 9.69. The summed E-state index contributed by atoms with van der Waals surface area (Å²) in [5.74, 6) is 1.66. The van der Waals surface area contributed by atoms with Crippen molar-refractivity contribution >= 4 is 5.96 Å². The summed E-state index contributed by atoms with van der Waals surface area (Å²) in [6, 6.07) is 12.9. The molecular weight excluding hydrogens is 340 g/mol. The number of nitrogens with zero attached hydrogens (tertiary/aromatic N) is 2. The molecule has 2 aromatic rings. The molecule has 2 heterocycles. The summed E-state index contributed by atoms with van der Waals surface area (Å²) < 4.78 is 10.9. The van der Waals surface area contributed by atoms with Crippen molar-refractivity contribution < 1.29 is 9.15 Å². The van der Waals surface area contributed by atoms with Crippen LogP contribution in [0.3, 0.4) is 0 Å². The fraction of sp³-hybridized carbons (Fsp3) is 0.476. The van der Waals surface area contributed by atoms with E-state index in [-0.39, 0.29) is 6.04 Å². The Balaban J connectivity index is 1.69. The first-order valence-corrected chi connectivity index (χ1v) is 9.69. The Morgan fingerprint density at radius 3 is 2.59 bits per heavy atom. The van der Waals surface area contributed by atoms with Gasteiger partial charge >= 0.3 is 0 Å². The molecule has 6 nitrogen and oxygen atoms in total. The van der Waals surface area contributed by atoms with E-state index in [1.807, 2.05) is 12.1 Å². The van der Waals surface area contributed by atoms with E-state index in [1.54, 1.807) is 6.26 Å². The number of morpholine rings is 1. The van der Waals surface area contributed by atoms with Gasteiger partial charge in [-0.2, -0.15) is 0 Å². The highest BCUT2D eigenvalue weighted by atomic mass is 16.5. The Labute approximate surface area is 161 Å². The number of nitrogens with one attached hydrogen (secondary N) is 2. The van der Waals surface area contributed by atoms with Crippen LogP contribution in [-0.2, 0) is 11.3 Å². The van der Waals surface area contributed by atoms with Crippen molar-refractivity contribution in [3.05, 3.63) is 59.5 Å². The molecule has 0 bridgehead atoms. The number of hydrogen-bond acceptors (Lipinski definition) is 4. The number of furan rings is 1. The fourth-order valence-electron chi connectivity index (χ4n) is 3.23. The minimum atomic E-state index is 0.280. The van der Waals surface area contributed by atoms with Crippen LogP contribution in [-0.4, -0.2) is 50.3 Å². The summed E-state index contributed by atoms with van der Waals surface area (Å²) in [5, 5.41) is 6.83. The molecule has 1 fully saturated rings. The SMILES string of the molecule is CCNC(=NCc1ccco1)NCC(c1ccc(C)cc1)N1CCOCC1. The number of aryl methyl sites for hydroxylation is 1. The van der Waals surface area contributed by atoms with Gasteiger partial charge in [-0.1, -0.05) is 29.8 Å². The molecule has 0 amide bonds. The molecule has 1 aliphatic rings. The van der Waals surface area contributed by atoms with Crippen molar-refractivity contribution in [2.75, 3.05) is 39.4 Å². The normalized spacial score (nSPS) is 16.9. The zero-order valence-electron chi connectivity index (χ0n) is 16.3. The van der Waals surface area contributed by atoms with Gasteiger partial charge in [0.2, 0.25) is 0 Å². The molecule has 3 rings (SSSR count). The predicted octanol–water partition coefficient (Wildman–Crippen LogP) is 2.72. The van der Waals surface area contributed by atoms with E-state index in [4.69, 9.17) is 9.15 Å². The Kier molecular flexibility index (Phi) is 7.30. The smallest absolute Gasteiger partial charge is 0.191 e. The molecule has 27 heavy (non-hydrogen) atoms. The van der Waals surface area contributed by atoms with Gasteiger partial charge in [-0.15, -0.1) is 0 Å². The molecule has 0 aliphatic carbocycles. The van der Waals surface area contributed by atoms with Crippen molar-refractivity contribution in [2.45, 2.75) is 26.4 Å². The van der Waals surface area contributed by atoms with Gasteiger partial charge < -0.3 is 19.8 Å². The van der Waals surface area contributed by atoms with Crippen molar-refractivity contribution in [2.24, 2.45) is 4.99 Å². The highest BCUT2D eigenvalue weighted by Gasteiger charge is 2.22. The summed E-state index contributed by atoms with van der Waals surface area (Å²) in [6.07, 6.45) is 1.68. The van der Waals surface area contributed by atoms with Crippen molar-refractivity contribution in [3.63, 3.8) is 0 Å². The average Bonchev–Trinajstić information content (AvgIpc) is 3.22. The van der Waals surface area contributed by atoms with Gasteiger partial charge in [-0.3, -0.25) is 4.90 Å². The van der Waals surface area contributed by atoms with E-state index in [0.29, 0.717) is 6.54 Å². The van der Waals surface area contributed by atoms with Crippen molar-refractivity contribution in [3.8, 4) is 0 Å². The van der Waals surface area contributed by atoms with Crippen LogP contribution in [0.2, 0.25) is 0 Å². The topological polar surface area (TPSA) is 62.0 Å². The van der Waals surface area contributed by atoms with Crippen molar-refractivity contribution in [1.29, 1.82) is 0 Å². The second-order valence-corrected chi connectivity index (χ2v) is 6.73. The van der Waals surface area contributed by atoms with Crippen LogP contribution in [0.1, 0.15) is 29.9 Å². The van der Waals surface area contributed by atoms with Gasteiger partial charge in [0.05, 0.1) is 25.5 Å². The Morgan fingerprint density at radius 2 is 1.93 bits per heavy atom.